The summed E-state index contributed by atoms with van der Waals surface area (Å²) in [7, 11) is 0. The van der Waals surface area contributed by atoms with E-state index in [1.54, 1.807) is 23.1 Å². The Morgan fingerprint density at radius 2 is 1.84 bits per heavy atom. The summed E-state index contributed by atoms with van der Waals surface area (Å²) < 4.78 is 0. The van der Waals surface area contributed by atoms with Gasteiger partial charge in [-0.2, -0.15) is 0 Å². The van der Waals surface area contributed by atoms with E-state index in [2.05, 4.69) is 5.32 Å². The highest BCUT2D eigenvalue weighted by atomic mass is 35.5. The molecule has 0 aliphatic carbocycles. The maximum absolute atomic E-state index is 11.9. The van der Waals surface area contributed by atoms with Gasteiger partial charge < -0.3 is 10.2 Å². The lowest BCUT2D eigenvalue weighted by atomic mass is 10.2. The Balaban J connectivity index is 1.53. The number of anilines is 1. The molecule has 1 aliphatic rings. The van der Waals surface area contributed by atoms with Crippen molar-refractivity contribution in [3.63, 3.8) is 0 Å². The zero-order valence-corrected chi connectivity index (χ0v) is 14.5. The first-order valence-corrected chi connectivity index (χ1v) is 8.60. The van der Waals surface area contributed by atoms with Crippen molar-refractivity contribution in [2.45, 2.75) is 19.4 Å². The van der Waals surface area contributed by atoms with Gasteiger partial charge in [0, 0.05) is 36.3 Å². The molecule has 1 aliphatic heterocycles. The van der Waals surface area contributed by atoms with Gasteiger partial charge in [-0.25, -0.2) is 0 Å². The molecule has 0 unspecified atom stereocenters. The van der Waals surface area contributed by atoms with Crippen molar-refractivity contribution in [1.82, 2.24) is 5.32 Å². The van der Waals surface area contributed by atoms with Crippen LogP contribution >= 0.6 is 11.6 Å². The number of nitrogens with one attached hydrogen (secondary N) is 1. The monoisotopic (exact) mass is 354 g/mol. The van der Waals surface area contributed by atoms with Gasteiger partial charge in [-0.05, 0) is 47.9 Å². The van der Waals surface area contributed by atoms with Crippen LogP contribution in [0.3, 0.4) is 0 Å². The van der Waals surface area contributed by atoms with Gasteiger partial charge in [0.15, 0.2) is 0 Å². The number of amides is 2. The maximum Gasteiger partial charge on any atom is 0.244 e. The molecule has 0 aromatic heterocycles. The molecule has 1 N–H and O–H groups in total. The minimum atomic E-state index is -0.159. The Bertz CT molecular complexity index is 782. The molecule has 1 fully saturated rings. The Hall–Kier alpha value is -2.59. The summed E-state index contributed by atoms with van der Waals surface area (Å²) in [4.78, 5) is 25.4. The Morgan fingerprint density at radius 1 is 1.12 bits per heavy atom. The van der Waals surface area contributed by atoms with E-state index in [0.29, 0.717) is 18.0 Å². The highest BCUT2D eigenvalue weighted by Crippen LogP contribution is 2.21. The second-order valence-electron chi connectivity index (χ2n) is 5.92. The first-order chi connectivity index (χ1) is 12.1. The summed E-state index contributed by atoms with van der Waals surface area (Å²) in [6.45, 7) is 1.23. The fourth-order valence-corrected chi connectivity index (χ4v) is 2.83. The molecule has 5 heteroatoms. The van der Waals surface area contributed by atoms with Crippen molar-refractivity contribution < 1.29 is 9.59 Å². The van der Waals surface area contributed by atoms with Gasteiger partial charge in [-0.1, -0.05) is 35.9 Å². The van der Waals surface area contributed by atoms with Gasteiger partial charge in [-0.3, -0.25) is 9.59 Å². The summed E-state index contributed by atoms with van der Waals surface area (Å²) in [5.41, 5.74) is 2.81. The van der Waals surface area contributed by atoms with Crippen LogP contribution < -0.4 is 10.2 Å². The number of carbonyl (C=O) groups excluding carboxylic acids is 2. The van der Waals surface area contributed by atoms with Crippen LogP contribution in [-0.2, 0) is 16.1 Å². The van der Waals surface area contributed by atoms with E-state index in [1.807, 2.05) is 36.4 Å². The van der Waals surface area contributed by atoms with Crippen LogP contribution in [-0.4, -0.2) is 18.4 Å². The highest BCUT2D eigenvalue weighted by molar-refractivity contribution is 6.30. The highest BCUT2D eigenvalue weighted by Gasteiger charge is 2.21. The molecule has 2 amide bonds. The van der Waals surface area contributed by atoms with E-state index in [4.69, 9.17) is 11.6 Å². The second-order valence-corrected chi connectivity index (χ2v) is 6.35. The average molecular weight is 355 g/mol. The zero-order valence-electron chi connectivity index (χ0n) is 13.7. The van der Waals surface area contributed by atoms with Gasteiger partial charge in [0.25, 0.3) is 0 Å². The Morgan fingerprint density at radius 3 is 2.48 bits per heavy atom. The van der Waals surface area contributed by atoms with E-state index < -0.39 is 0 Å². The van der Waals surface area contributed by atoms with E-state index in [0.717, 1.165) is 29.8 Å². The van der Waals surface area contributed by atoms with Crippen molar-refractivity contribution in [3.8, 4) is 0 Å². The van der Waals surface area contributed by atoms with Crippen LogP contribution in [0.2, 0.25) is 5.02 Å². The van der Waals surface area contributed by atoms with Crippen molar-refractivity contribution >= 4 is 35.2 Å². The number of hydrogen-bond donors (Lipinski definition) is 1. The average Bonchev–Trinajstić information content (AvgIpc) is 3.06. The summed E-state index contributed by atoms with van der Waals surface area (Å²) in [5.74, 6) is 0.0126. The van der Waals surface area contributed by atoms with Crippen LogP contribution in [0.5, 0.6) is 0 Å². The summed E-state index contributed by atoms with van der Waals surface area (Å²) >= 11 is 5.83. The van der Waals surface area contributed by atoms with Crippen LogP contribution in [0, 0.1) is 0 Å². The number of benzene rings is 2. The summed E-state index contributed by atoms with van der Waals surface area (Å²) in [6.07, 6.45) is 4.79. The van der Waals surface area contributed by atoms with E-state index in [9.17, 15) is 9.59 Å². The largest absolute Gasteiger partial charge is 0.348 e. The number of carbonyl (C=O) groups is 2. The molecule has 3 rings (SSSR count). The number of halogens is 1. The molecule has 128 valence electrons. The van der Waals surface area contributed by atoms with E-state index in [1.165, 1.54) is 6.08 Å². The molecule has 25 heavy (non-hydrogen) atoms. The minimum Gasteiger partial charge on any atom is -0.348 e. The molecule has 0 bridgehead atoms. The molecule has 2 aromatic carbocycles. The second kappa shape index (κ2) is 7.99. The SMILES string of the molecule is O=C(/C=C/c1ccc(N2CCCC2=O)cc1)NCc1ccc(Cl)cc1. The molecule has 0 saturated carbocycles. The molecule has 4 nitrogen and oxygen atoms in total. The fourth-order valence-electron chi connectivity index (χ4n) is 2.71. The smallest absolute Gasteiger partial charge is 0.244 e. The van der Waals surface area contributed by atoms with Gasteiger partial charge in [0.2, 0.25) is 11.8 Å². The summed E-state index contributed by atoms with van der Waals surface area (Å²) in [5, 5.41) is 3.50. The third-order valence-corrected chi connectivity index (χ3v) is 4.34. The maximum atomic E-state index is 11.9. The molecular weight excluding hydrogens is 336 g/mol. The van der Waals surface area contributed by atoms with Gasteiger partial charge >= 0.3 is 0 Å². The first kappa shape index (κ1) is 17.2. The van der Waals surface area contributed by atoms with Crippen LogP contribution in [0.15, 0.2) is 54.6 Å². The quantitative estimate of drug-likeness (QED) is 0.830. The van der Waals surface area contributed by atoms with E-state index >= 15 is 0 Å². The molecule has 1 heterocycles. The molecule has 1 saturated heterocycles. The fraction of sp³-hybridized carbons (Fsp3) is 0.200. The van der Waals surface area contributed by atoms with Crippen molar-refractivity contribution in [2.24, 2.45) is 0 Å². The minimum absolute atomic E-state index is 0.159. The van der Waals surface area contributed by atoms with Gasteiger partial charge in [0.05, 0.1) is 0 Å². The Labute approximate surface area is 152 Å². The summed E-state index contributed by atoms with van der Waals surface area (Å²) in [6, 6.07) is 15.0. The predicted molar refractivity (Wildman–Crippen MR) is 100 cm³/mol. The van der Waals surface area contributed by atoms with Crippen LogP contribution in [0.1, 0.15) is 24.0 Å². The number of nitrogens with zero attached hydrogens (tertiary/aromatic N) is 1. The third-order valence-electron chi connectivity index (χ3n) is 4.09. The predicted octanol–water partition coefficient (Wildman–Crippen LogP) is 3.80. The van der Waals surface area contributed by atoms with Crippen LogP contribution in [0.25, 0.3) is 6.08 Å². The van der Waals surface area contributed by atoms with E-state index in [-0.39, 0.29) is 11.8 Å². The lowest BCUT2D eigenvalue weighted by Crippen LogP contribution is -2.23. The molecule has 0 atom stereocenters. The lowest BCUT2D eigenvalue weighted by molar-refractivity contribution is -0.117. The first-order valence-electron chi connectivity index (χ1n) is 8.22. The van der Waals surface area contributed by atoms with Crippen LogP contribution in [0.4, 0.5) is 5.69 Å². The molecule has 0 radical (unpaired) electrons. The van der Waals surface area contributed by atoms with Crippen molar-refractivity contribution in [2.75, 3.05) is 11.4 Å². The van der Waals surface area contributed by atoms with Crippen molar-refractivity contribution in [3.05, 3.63) is 70.8 Å². The lowest BCUT2D eigenvalue weighted by Gasteiger charge is -2.15. The zero-order chi connectivity index (χ0) is 17.6. The normalized spacial score (nSPS) is 14.3. The number of rotatable bonds is 5. The number of hydrogen-bond acceptors (Lipinski definition) is 2. The molecular formula is C20H19ClN2O2. The van der Waals surface area contributed by atoms with Crippen molar-refractivity contribution in [1.29, 1.82) is 0 Å². The van der Waals surface area contributed by atoms with Gasteiger partial charge in [0.1, 0.15) is 0 Å². The third kappa shape index (κ3) is 4.70. The van der Waals surface area contributed by atoms with Gasteiger partial charge in [-0.15, -0.1) is 0 Å². The Kier molecular flexibility index (Phi) is 5.51. The standard InChI is InChI=1S/C20H19ClN2O2/c21-17-8-3-16(4-9-17)14-22-19(24)12-7-15-5-10-18(11-6-15)23-13-1-2-20(23)25/h3-12H,1-2,13-14H2,(H,22,24)/b12-7+. The molecule has 0 spiro atoms. The molecule has 2 aromatic rings. The topological polar surface area (TPSA) is 49.4 Å².